The number of ether oxygens (including phenoxy) is 1. The number of hydrogen-bond donors (Lipinski definition) is 1. The highest BCUT2D eigenvalue weighted by Gasteiger charge is 2.20. The predicted octanol–water partition coefficient (Wildman–Crippen LogP) is 3.21. The molecule has 2 aliphatic heterocycles. The number of morpholine rings is 1. The van der Waals surface area contributed by atoms with Gasteiger partial charge >= 0.3 is 0 Å². The molecule has 8 heteroatoms. The second-order valence-electron chi connectivity index (χ2n) is 8.57. The highest BCUT2D eigenvalue weighted by Crippen LogP contribution is 2.16. The molecule has 0 saturated carbocycles. The lowest BCUT2D eigenvalue weighted by Crippen LogP contribution is -2.52. The lowest BCUT2D eigenvalue weighted by atomic mass is 10.2. The molecule has 1 N–H and O–H groups in total. The van der Waals surface area contributed by atoms with Crippen LogP contribution in [0.4, 0.5) is 5.82 Å². The smallest absolute Gasteiger partial charge is 0.194 e. The molecular weight excluding hydrogens is 527 g/mol. The molecule has 1 aromatic carbocycles. The van der Waals surface area contributed by atoms with E-state index in [1.165, 1.54) is 5.56 Å². The summed E-state index contributed by atoms with van der Waals surface area (Å²) in [5.74, 6) is 2.02. The second-order valence-corrected chi connectivity index (χ2v) is 8.57. The van der Waals surface area contributed by atoms with E-state index in [4.69, 9.17) is 9.73 Å². The minimum absolute atomic E-state index is 0. The molecule has 0 aliphatic carbocycles. The molecule has 33 heavy (non-hydrogen) atoms. The van der Waals surface area contributed by atoms with Crippen LogP contribution in [0.15, 0.2) is 53.7 Å². The lowest BCUT2D eigenvalue weighted by Gasteiger charge is -2.36. The number of halogens is 1. The molecule has 0 bridgehead atoms. The normalized spacial score (nSPS) is 19.8. The van der Waals surface area contributed by atoms with Gasteiger partial charge in [-0.1, -0.05) is 36.4 Å². The summed E-state index contributed by atoms with van der Waals surface area (Å²) >= 11 is 0. The molecule has 0 radical (unpaired) electrons. The number of guanidine groups is 1. The zero-order valence-corrected chi connectivity index (χ0v) is 22.2. The first-order valence-corrected chi connectivity index (χ1v) is 11.8. The van der Waals surface area contributed by atoms with Crippen LogP contribution >= 0.6 is 24.0 Å². The molecule has 3 heterocycles. The Bertz CT molecular complexity index is 855. The Balaban J connectivity index is 0.00000306. The highest BCUT2D eigenvalue weighted by atomic mass is 127. The van der Waals surface area contributed by atoms with Crippen molar-refractivity contribution in [3.05, 3.63) is 59.8 Å². The quantitative estimate of drug-likeness (QED) is 0.331. The Kier molecular flexibility index (Phi) is 10.2. The first-order valence-electron chi connectivity index (χ1n) is 11.8. The van der Waals surface area contributed by atoms with Crippen LogP contribution in [0.25, 0.3) is 0 Å². The van der Waals surface area contributed by atoms with Crippen LogP contribution in [0.5, 0.6) is 0 Å². The summed E-state index contributed by atoms with van der Waals surface area (Å²) in [6, 6.07) is 15.0. The summed E-state index contributed by atoms with van der Waals surface area (Å²) in [5.41, 5.74) is 2.51. The Morgan fingerprint density at radius 3 is 2.52 bits per heavy atom. The predicted molar refractivity (Wildman–Crippen MR) is 145 cm³/mol. The van der Waals surface area contributed by atoms with Crippen molar-refractivity contribution in [2.24, 2.45) is 4.99 Å². The van der Waals surface area contributed by atoms with Gasteiger partial charge < -0.3 is 19.9 Å². The van der Waals surface area contributed by atoms with Crippen LogP contribution in [-0.4, -0.2) is 79.3 Å². The maximum absolute atomic E-state index is 5.63. The molecule has 2 aromatic rings. The average Bonchev–Trinajstić information content (AvgIpc) is 2.83. The number of benzene rings is 1. The Labute approximate surface area is 215 Å². The number of piperazine rings is 1. The van der Waals surface area contributed by atoms with Gasteiger partial charge in [-0.3, -0.25) is 4.90 Å². The van der Waals surface area contributed by atoms with Crippen LogP contribution in [0, 0.1) is 0 Å². The van der Waals surface area contributed by atoms with E-state index in [2.05, 4.69) is 81.3 Å². The number of pyridine rings is 1. The summed E-state index contributed by atoms with van der Waals surface area (Å²) in [5, 5.41) is 3.47. The molecule has 7 nitrogen and oxygen atoms in total. The van der Waals surface area contributed by atoms with Crippen molar-refractivity contribution in [3.8, 4) is 0 Å². The van der Waals surface area contributed by atoms with Crippen LogP contribution in [0.2, 0.25) is 0 Å². The fourth-order valence-corrected chi connectivity index (χ4v) is 4.28. The summed E-state index contributed by atoms with van der Waals surface area (Å²) < 4.78 is 5.63. The SMILES string of the molecule is CCNC(=NCc1ccc(N2CCOC(C)C2)nc1)N1CCN(Cc2ccccc2)CC1.I. The van der Waals surface area contributed by atoms with Gasteiger partial charge in [0, 0.05) is 58.6 Å². The maximum Gasteiger partial charge on any atom is 0.194 e. The number of hydrogen-bond acceptors (Lipinski definition) is 5. The first kappa shape index (κ1) is 25.7. The molecule has 0 spiro atoms. The molecule has 2 saturated heterocycles. The minimum atomic E-state index is 0. The molecule has 180 valence electrons. The zero-order chi connectivity index (χ0) is 22.2. The van der Waals surface area contributed by atoms with Gasteiger partial charge in [0.1, 0.15) is 5.82 Å². The molecular formula is C25H37IN6O. The third-order valence-corrected chi connectivity index (χ3v) is 6.04. The van der Waals surface area contributed by atoms with E-state index in [9.17, 15) is 0 Å². The topological polar surface area (TPSA) is 56.2 Å². The number of rotatable bonds is 6. The molecule has 1 atom stereocenters. The number of nitrogens with zero attached hydrogens (tertiary/aromatic N) is 5. The van der Waals surface area contributed by atoms with Gasteiger partial charge in [-0.15, -0.1) is 24.0 Å². The van der Waals surface area contributed by atoms with E-state index in [0.717, 1.165) is 76.3 Å². The van der Waals surface area contributed by atoms with Crippen molar-refractivity contribution in [1.82, 2.24) is 20.1 Å². The van der Waals surface area contributed by atoms with Crippen molar-refractivity contribution in [3.63, 3.8) is 0 Å². The van der Waals surface area contributed by atoms with Crippen LogP contribution < -0.4 is 10.2 Å². The molecule has 2 aliphatic rings. The molecule has 2 fully saturated rings. The van der Waals surface area contributed by atoms with Gasteiger partial charge in [0.25, 0.3) is 0 Å². The third-order valence-electron chi connectivity index (χ3n) is 6.04. The van der Waals surface area contributed by atoms with Gasteiger partial charge in [-0.25, -0.2) is 9.98 Å². The summed E-state index contributed by atoms with van der Waals surface area (Å²) in [6.07, 6.45) is 2.21. The van der Waals surface area contributed by atoms with Crippen molar-refractivity contribution >= 4 is 35.8 Å². The van der Waals surface area contributed by atoms with Crippen molar-refractivity contribution in [2.45, 2.75) is 33.0 Å². The molecule has 0 amide bonds. The monoisotopic (exact) mass is 564 g/mol. The highest BCUT2D eigenvalue weighted by molar-refractivity contribution is 14.0. The number of nitrogens with one attached hydrogen (secondary N) is 1. The van der Waals surface area contributed by atoms with Gasteiger partial charge in [0.15, 0.2) is 5.96 Å². The zero-order valence-electron chi connectivity index (χ0n) is 19.8. The summed E-state index contributed by atoms with van der Waals surface area (Å²) in [4.78, 5) is 16.8. The van der Waals surface area contributed by atoms with Gasteiger partial charge in [-0.05, 0) is 31.0 Å². The van der Waals surface area contributed by atoms with E-state index in [1.54, 1.807) is 0 Å². The molecule has 4 rings (SSSR count). The average molecular weight is 565 g/mol. The van der Waals surface area contributed by atoms with E-state index < -0.39 is 0 Å². The van der Waals surface area contributed by atoms with Crippen molar-refractivity contribution < 1.29 is 4.74 Å². The van der Waals surface area contributed by atoms with Crippen LogP contribution in [0.1, 0.15) is 25.0 Å². The largest absolute Gasteiger partial charge is 0.375 e. The first-order chi connectivity index (χ1) is 15.7. The van der Waals surface area contributed by atoms with E-state index in [1.807, 2.05) is 6.20 Å². The number of anilines is 1. The molecule has 1 aromatic heterocycles. The van der Waals surface area contributed by atoms with Crippen molar-refractivity contribution in [2.75, 3.05) is 57.3 Å². The minimum Gasteiger partial charge on any atom is -0.375 e. The Morgan fingerprint density at radius 2 is 1.85 bits per heavy atom. The van der Waals surface area contributed by atoms with E-state index in [0.29, 0.717) is 6.54 Å². The second kappa shape index (κ2) is 13.1. The third kappa shape index (κ3) is 7.55. The maximum atomic E-state index is 5.63. The van der Waals surface area contributed by atoms with Gasteiger partial charge in [-0.2, -0.15) is 0 Å². The van der Waals surface area contributed by atoms with E-state index >= 15 is 0 Å². The van der Waals surface area contributed by atoms with E-state index in [-0.39, 0.29) is 30.1 Å². The Morgan fingerprint density at radius 1 is 1.06 bits per heavy atom. The fraction of sp³-hybridized carbons (Fsp3) is 0.520. The van der Waals surface area contributed by atoms with Crippen molar-refractivity contribution in [1.29, 1.82) is 0 Å². The lowest BCUT2D eigenvalue weighted by molar-refractivity contribution is 0.0529. The van der Waals surface area contributed by atoms with Gasteiger partial charge in [0.05, 0.1) is 19.3 Å². The van der Waals surface area contributed by atoms with Gasteiger partial charge in [0.2, 0.25) is 0 Å². The number of aliphatic imine (C=N–C) groups is 1. The number of aromatic nitrogens is 1. The van der Waals surface area contributed by atoms with Crippen LogP contribution in [-0.2, 0) is 17.8 Å². The standard InChI is InChI=1S/C25H36N6O.HI/c1-3-26-25(30-13-11-29(12-14-30)20-22-7-5-4-6-8-22)28-18-23-9-10-24(27-17-23)31-15-16-32-21(2)19-31;/h4-10,17,21H,3,11-16,18-20H2,1-2H3,(H,26,28);1H. The molecule has 1 unspecified atom stereocenters. The van der Waals surface area contributed by atoms with Crippen LogP contribution in [0.3, 0.4) is 0 Å². The Hall–Kier alpha value is -1.91. The summed E-state index contributed by atoms with van der Waals surface area (Å²) in [7, 11) is 0. The summed E-state index contributed by atoms with van der Waals surface area (Å²) in [6.45, 7) is 13.4. The fourth-order valence-electron chi connectivity index (χ4n) is 4.28.